The number of hydrogen-bond donors (Lipinski definition) is 2. The quantitative estimate of drug-likeness (QED) is 0.215. The van der Waals surface area contributed by atoms with Gasteiger partial charge in [0.25, 0.3) is 0 Å². The lowest BCUT2D eigenvalue weighted by atomic mass is 10.7. The van der Waals surface area contributed by atoms with Gasteiger partial charge in [-0.15, -0.1) is 5.11 Å². The molecule has 0 fully saturated rings. The summed E-state index contributed by atoms with van der Waals surface area (Å²) >= 11 is 0. The average molecular weight is 100 g/mol. The Hall–Kier alpha value is -0.930. The van der Waals surface area contributed by atoms with Gasteiger partial charge in [0.2, 0.25) is 0 Å². The Balaban J connectivity index is 3.49. The molecule has 0 unspecified atom stereocenters. The summed E-state index contributed by atoms with van der Waals surface area (Å²) in [6.07, 6.45) is 0. The van der Waals surface area contributed by atoms with E-state index in [9.17, 15) is 0 Å². The second-order valence-electron chi connectivity index (χ2n) is 0.994. The molecular weight excluding hydrogens is 92.1 g/mol. The van der Waals surface area contributed by atoms with Crippen molar-refractivity contribution < 1.29 is 0 Å². The van der Waals surface area contributed by atoms with Crippen LogP contribution in [0.5, 0.6) is 0 Å². The molecule has 0 saturated heterocycles. The van der Waals surface area contributed by atoms with Gasteiger partial charge in [0.1, 0.15) is 0 Å². The molecule has 0 aliphatic carbocycles. The molecule has 0 aromatic carbocycles. The van der Waals surface area contributed by atoms with Gasteiger partial charge in [-0.2, -0.15) is 5.10 Å². The molecule has 0 aromatic heterocycles. The largest absolute Gasteiger partial charge is 0.311 e. The van der Waals surface area contributed by atoms with Crippen LogP contribution >= 0.6 is 0 Å². The van der Waals surface area contributed by atoms with Crippen LogP contribution in [0.1, 0.15) is 6.92 Å². The van der Waals surface area contributed by atoms with Crippen molar-refractivity contribution in [2.24, 2.45) is 10.2 Å². The summed E-state index contributed by atoms with van der Waals surface area (Å²) in [4.78, 5) is 0. The maximum Gasteiger partial charge on any atom is 0.166 e. The molecule has 0 spiro atoms. The van der Waals surface area contributed by atoms with Crippen LogP contribution in [0.15, 0.2) is 10.2 Å². The average Bonchev–Trinajstić information content (AvgIpc) is 1.68. The zero-order valence-electron chi connectivity index (χ0n) is 4.39. The Kier molecular flexibility index (Phi) is 2.83. The third-order valence-electron chi connectivity index (χ3n) is 0.435. The van der Waals surface area contributed by atoms with Crippen molar-refractivity contribution in [2.75, 3.05) is 7.05 Å². The number of hydrogen-bond acceptors (Lipinski definition) is 3. The zero-order chi connectivity index (χ0) is 5.70. The highest BCUT2D eigenvalue weighted by Crippen LogP contribution is 1.70. The van der Waals surface area contributed by atoms with E-state index in [-0.39, 0.29) is 0 Å². The van der Waals surface area contributed by atoms with Crippen molar-refractivity contribution in [3.05, 3.63) is 0 Å². The fraction of sp³-hybridized carbons (Fsp3) is 0.667. The van der Waals surface area contributed by atoms with Gasteiger partial charge in [0.15, 0.2) is 5.84 Å². The SMILES string of the molecule is CN/N=C(/C)N=N. The van der Waals surface area contributed by atoms with E-state index in [1.54, 1.807) is 14.0 Å². The van der Waals surface area contributed by atoms with Gasteiger partial charge in [0, 0.05) is 7.05 Å². The van der Waals surface area contributed by atoms with Crippen LogP contribution in [-0.4, -0.2) is 12.9 Å². The maximum atomic E-state index is 6.37. The standard InChI is InChI=1S/C3H8N4/c1-3(6-4)7-5-2/h4-5H,1-2H3/b6-4?,7-3-. The molecular formula is C3H8N4. The van der Waals surface area contributed by atoms with Crippen molar-refractivity contribution in [3.8, 4) is 0 Å². The number of nitrogens with zero attached hydrogens (tertiary/aromatic N) is 2. The van der Waals surface area contributed by atoms with E-state index in [1.807, 2.05) is 0 Å². The molecule has 2 N–H and O–H groups in total. The molecule has 0 bridgehead atoms. The molecule has 0 aromatic rings. The minimum atomic E-state index is 0.433. The fourth-order valence-corrected chi connectivity index (χ4v) is 0.187. The Morgan fingerprint density at radius 1 is 1.71 bits per heavy atom. The van der Waals surface area contributed by atoms with Gasteiger partial charge < -0.3 is 5.43 Å². The summed E-state index contributed by atoms with van der Waals surface area (Å²) < 4.78 is 0. The summed E-state index contributed by atoms with van der Waals surface area (Å²) in [6.45, 7) is 1.64. The summed E-state index contributed by atoms with van der Waals surface area (Å²) in [5.74, 6) is 0.433. The first-order valence-corrected chi connectivity index (χ1v) is 1.89. The lowest BCUT2D eigenvalue weighted by Crippen LogP contribution is -1.97. The normalized spacial score (nSPS) is 10.9. The van der Waals surface area contributed by atoms with Crippen LogP contribution in [0.2, 0.25) is 0 Å². The minimum Gasteiger partial charge on any atom is -0.311 e. The summed E-state index contributed by atoms with van der Waals surface area (Å²) in [5, 5.41) is 6.57. The molecule has 0 rings (SSSR count). The van der Waals surface area contributed by atoms with Crippen molar-refractivity contribution in [3.63, 3.8) is 0 Å². The molecule has 40 valence electrons. The van der Waals surface area contributed by atoms with Gasteiger partial charge in [-0.05, 0) is 6.92 Å². The number of rotatable bonds is 1. The minimum absolute atomic E-state index is 0.433. The van der Waals surface area contributed by atoms with E-state index in [1.165, 1.54) is 0 Å². The second-order valence-corrected chi connectivity index (χ2v) is 0.994. The molecule has 4 heteroatoms. The molecule has 7 heavy (non-hydrogen) atoms. The highest BCUT2D eigenvalue weighted by Gasteiger charge is 1.75. The van der Waals surface area contributed by atoms with Gasteiger partial charge in [0.05, 0.1) is 0 Å². The number of hydrazone groups is 1. The van der Waals surface area contributed by atoms with Crippen molar-refractivity contribution in [2.45, 2.75) is 6.92 Å². The molecule has 0 atom stereocenters. The third kappa shape index (κ3) is 2.88. The van der Waals surface area contributed by atoms with Crippen LogP contribution in [0.3, 0.4) is 0 Å². The Morgan fingerprint density at radius 3 is 2.43 bits per heavy atom. The van der Waals surface area contributed by atoms with Crippen LogP contribution in [0, 0.1) is 5.53 Å². The molecule has 0 radical (unpaired) electrons. The lowest BCUT2D eigenvalue weighted by molar-refractivity contribution is 0.889. The molecule has 0 aliphatic rings. The molecule has 0 amide bonds. The highest BCUT2D eigenvalue weighted by molar-refractivity contribution is 5.79. The van der Waals surface area contributed by atoms with Crippen LogP contribution in [0.4, 0.5) is 0 Å². The Bertz CT molecular complexity index is 84.9. The van der Waals surface area contributed by atoms with E-state index in [4.69, 9.17) is 5.53 Å². The number of nitrogens with one attached hydrogen (secondary N) is 2. The van der Waals surface area contributed by atoms with Gasteiger partial charge in [-0.3, -0.25) is 0 Å². The van der Waals surface area contributed by atoms with E-state index < -0.39 is 0 Å². The number of amidine groups is 1. The van der Waals surface area contributed by atoms with E-state index in [0.29, 0.717) is 5.84 Å². The van der Waals surface area contributed by atoms with Gasteiger partial charge in [-0.1, -0.05) is 0 Å². The summed E-state index contributed by atoms with van der Waals surface area (Å²) in [5.41, 5.74) is 8.86. The van der Waals surface area contributed by atoms with Crippen LogP contribution in [0.25, 0.3) is 0 Å². The van der Waals surface area contributed by atoms with E-state index >= 15 is 0 Å². The first-order chi connectivity index (χ1) is 3.31. The third-order valence-corrected chi connectivity index (χ3v) is 0.435. The van der Waals surface area contributed by atoms with Crippen LogP contribution < -0.4 is 5.43 Å². The topological polar surface area (TPSA) is 60.6 Å². The molecule has 0 heterocycles. The van der Waals surface area contributed by atoms with Crippen molar-refractivity contribution in [1.82, 2.24) is 5.43 Å². The lowest BCUT2D eigenvalue weighted by Gasteiger charge is -1.84. The maximum absolute atomic E-state index is 6.37. The molecule has 4 nitrogen and oxygen atoms in total. The molecule has 0 saturated carbocycles. The smallest absolute Gasteiger partial charge is 0.166 e. The van der Waals surface area contributed by atoms with Crippen LogP contribution in [-0.2, 0) is 0 Å². The van der Waals surface area contributed by atoms with E-state index in [0.717, 1.165) is 0 Å². The fourth-order valence-electron chi connectivity index (χ4n) is 0.187. The summed E-state index contributed by atoms with van der Waals surface area (Å²) in [6, 6.07) is 0. The van der Waals surface area contributed by atoms with Crippen molar-refractivity contribution >= 4 is 5.84 Å². The van der Waals surface area contributed by atoms with Gasteiger partial charge in [-0.25, -0.2) is 5.53 Å². The highest BCUT2D eigenvalue weighted by atomic mass is 15.3. The first-order valence-electron chi connectivity index (χ1n) is 1.89. The first kappa shape index (κ1) is 6.07. The Morgan fingerprint density at radius 2 is 2.29 bits per heavy atom. The Labute approximate surface area is 42.1 Å². The second kappa shape index (κ2) is 3.27. The summed E-state index contributed by atoms with van der Waals surface area (Å²) in [7, 11) is 1.66. The predicted octanol–water partition coefficient (Wildman–Crippen LogP) is 0.570. The zero-order valence-corrected chi connectivity index (χ0v) is 4.39. The van der Waals surface area contributed by atoms with E-state index in [2.05, 4.69) is 15.6 Å². The predicted molar refractivity (Wildman–Crippen MR) is 27.3 cm³/mol. The van der Waals surface area contributed by atoms with Crippen molar-refractivity contribution in [1.29, 1.82) is 5.53 Å². The molecule has 0 aliphatic heterocycles. The monoisotopic (exact) mass is 100 g/mol. The van der Waals surface area contributed by atoms with Gasteiger partial charge >= 0.3 is 0 Å².